The summed E-state index contributed by atoms with van der Waals surface area (Å²) in [6.07, 6.45) is 0.919. The Bertz CT molecular complexity index is 445. The monoisotopic (exact) mass is 279 g/mol. The highest BCUT2D eigenvalue weighted by atomic mass is 16.5. The van der Waals surface area contributed by atoms with Gasteiger partial charge in [-0.05, 0) is 24.6 Å². The summed E-state index contributed by atoms with van der Waals surface area (Å²) in [5.74, 6) is 1.66. The zero-order valence-corrected chi connectivity index (χ0v) is 12.6. The number of hydrogen-bond donors (Lipinski definition) is 2. The minimum atomic E-state index is -0.112. The molecule has 1 atom stereocenters. The van der Waals surface area contributed by atoms with Crippen LogP contribution in [0, 0.1) is 5.41 Å². The average molecular weight is 279 g/mol. The molecule has 0 amide bonds. The van der Waals surface area contributed by atoms with Crippen LogP contribution in [0.3, 0.4) is 0 Å². The molecule has 1 aromatic carbocycles. The van der Waals surface area contributed by atoms with Crippen molar-refractivity contribution in [3.05, 3.63) is 23.8 Å². The van der Waals surface area contributed by atoms with Crippen LogP contribution in [-0.2, 0) is 0 Å². The Morgan fingerprint density at radius 1 is 1.25 bits per heavy atom. The highest BCUT2D eigenvalue weighted by Gasteiger charge is 2.19. The Balaban J connectivity index is 2.03. The van der Waals surface area contributed by atoms with Crippen molar-refractivity contribution in [1.29, 1.82) is 0 Å². The van der Waals surface area contributed by atoms with E-state index in [0.717, 1.165) is 24.5 Å². The van der Waals surface area contributed by atoms with E-state index in [1.54, 1.807) is 0 Å². The Labute approximate surface area is 121 Å². The summed E-state index contributed by atoms with van der Waals surface area (Å²) in [5.41, 5.74) is 1.06. The summed E-state index contributed by atoms with van der Waals surface area (Å²) in [6.45, 7) is 8.56. The van der Waals surface area contributed by atoms with Crippen molar-refractivity contribution in [2.24, 2.45) is 5.41 Å². The predicted octanol–water partition coefficient (Wildman–Crippen LogP) is 2.52. The molecule has 0 bridgehead atoms. The third kappa shape index (κ3) is 3.87. The second-order valence-corrected chi connectivity index (χ2v) is 6.18. The first-order chi connectivity index (χ1) is 9.52. The molecule has 0 spiro atoms. The minimum Gasteiger partial charge on any atom is -0.490 e. The largest absolute Gasteiger partial charge is 0.490 e. The molecular formula is C16H25NO3. The third-order valence-corrected chi connectivity index (χ3v) is 3.59. The molecule has 0 radical (unpaired) electrons. The fourth-order valence-corrected chi connectivity index (χ4v) is 2.05. The molecule has 1 heterocycles. The lowest BCUT2D eigenvalue weighted by Gasteiger charge is -2.25. The van der Waals surface area contributed by atoms with Gasteiger partial charge in [0.2, 0.25) is 0 Å². The summed E-state index contributed by atoms with van der Waals surface area (Å²) in [5, 5.41) is 12.7. The fraction of sp³-hybridized carbons (Fsp3) is 0.625. The fourth-order valence-electron chi connectivity index (χ4n) is 2.05. The van der Waals surface area contributed by atoms with Crippen molar-refractivity contribution in [1.82, 2.24) is 5.32 Å². The van der Waals surface area contributed by atoms with Gasteiger partial charge in [0, 0.05) is 31.0 Å². The maximum Gasteiger partial charge on any atom is 0.161 e. The second kappa shape index (κ2) is 6.46. The van der Waals surface area contributed by atoms with Crippen LogP contribution >= 0.6 is 0 Å². The van der Waals surface area contributed by atoms with Crippen molar-refractivity contribution >= 4 is 0 Å². The SMILES string of the molecule is CC(NCC(C)(C)CO)c1ccc2c(c1)OCCCO2. The van der Waals surface area contributed by atoms with Gasteiger partial charge in [0.15, 0.2) is 11.5 Å². The Morgan fingerprint density at radius 3 is 2.65 bits per heavy atom. The number of aliphatic hydroxyl groups is 1. The van der Waals surface area contributed by atoms with Crippen LogP contribution in [-0.4, -0.2) is 31.5 Å². The van der Waals surface area contributed by atoms with Crippen LogP contribution in [0.5, 0.6) is 11.5 Å². The molecule has 1 aliphatic rings. The number of nitrogens with one attached hydrogen (secondary N) is 1. The van der Waals surface area contributed by atoms with E-state index in [1.807, 2.05) is 26.0 Å². The lowest BCUT2D eigenvalue weighted by molar-refractivity contribution is 0.154. The van der Waals surface area contributed by atoms with E-state index in [0.29, 0.717) is 13.2 Å². The van der Waals surface area contributed by atoms with Gasteiger partial charge in [-0.15, -0.1) is 0 Å². The molecule has 0 aromatic heterocycles. The van der Waals surface area contributed by atoms with E-state index < -0.39 is 0 Å². The van der Waals surface area contributed by atoms with Gasteiger partial charge in [0.25, 0.3) is 0 Å². The summed E-state index contributed by atoms with van der Waals surface area (Å²) in [6, 6.07) is 6.30. The van der Waals surface area contributed by atoms with Crippen molar-refractivity contribution in [2.75, 3.05) is 26.4 Å². The number of rotatable bonds is 5. The Kier molecular flexibility index (Phi) is 4.89. The molecule has 0 fully saturated rings. The molecule has 1 aromatic rings. The Morgan fingerprint density at radius 2 is 1.95 bits per heavy atom. The summed E-state index contributed by atoms with van der Waals surface area (Å²) >= 11 is 0. The molecule has 0 saturated heterocycles. The minimum absolute atomic E-state index is 0.112. The van der Waals surface area contributed by atoms with E-state index >= 15 is 0 Å². The predicted molar refractivity (Wildman–Crippen MR) is 79.3 cm³/mol. The van der Waals surface area contributed by atoms with Crippen LogP contribution < -0.4 is 14.8 Å². The summed E-state index contributed by atoms with van der Waals surface area (Å²) in [7, 11) is 0. The van der Waals surface area contributed by atoms with Gasteiger partial charge >= 0.3 is 0 Å². The maximum absolute atomic E-state index is 9.29. The summed E-state index contributed by atoms with van der Waals surface area (Å²) in [4.78, 5) is 0. The lowest BCUT2D eigenvalue weighted by atomic mass is 9.94. The van der Waals surface area contributed by atoms with Crippen molar-refractivity contribution < 1.29 is 14.6 Å². The zero-order valence-electron chi connectivity index (χ0n) is 12.6. The third-order valence-electron chi connectivity index (χ3n) is 3.59. The smallest absolute Gasteiger partial charge is 0.161 e. The van der Waals surface area contributed by atoms with Gasteiger partial charge < -0.3 is 19.9 Å². The number of fused-ring (bicyclic) bond motifs is 1. The molecule has 2 rings (SSSR count). The normalized spacial score (nSPS) is 16.6. The lowest BCUT2D eigenvalue weighted by Crippen LogP contribution is -2.33. The van der Waals surface area contributed by atoms with Gasteiger partial charge in [-0.2, -0.15) is 0 Å². The van der Waals surface area contributed by atoms with Crippen LogP contribution in [0.15, 0.2) is 18.2 Å². The number of ether oxygens (including phenoxy) is 2. The first-order valence-corrected chi connectivity index (χ1v) is 7.26. The number of aliphatic hydroxyl groups excluding tert-OH is 1. The molecule has 20 heavy (non-hydrogen) atoms. The highest BCUT2D eigenvalue weighted by molar-refractivity contribution is 5.44. The average Bonchev–Trinajstić information content (AvgIpc) is 2.69. The Hall–Kier alpha value is -1.26. The van der Waals surface area contributed by atoms with Crippen LogP contribution in [0.2, 0.25) is 0 Å². The van der Waals surface area contributed by atoms with E-state index in [1.165, 1.54) is 5.56 Å². The molecule has 2 N–H and O–H groups in total. The first kappa shape index (κ1) is 15.1. The molecular weight excluding hydrogens is 254 g/mol. The molecule has 112 valence electrons. The maximum atomic E-state index is 9.29. The van der Waals surface area contributed by atoms with Gasteiger partial charge in [-0.25, -0.2) is 0 Å². The zero-order chi connectivity index (χ0) is 14.6. The van der Waals surface area contributed by atoms with E-state index in [9.17, 15) is 5.11 Å². The van der Waals surface area contributed by atoms with Gasteiger partial charge in [-0.3, -0.25) is 0 Å². The first-order valence-electron chi connectivity index (χ1n) is 7.26. The van der Waals surface area contributed by atoms with Crippen molar-refractivity contribution in [2.45, 2.75) is 33.2 Å². The number of hydrogen-bond acceptors (Lipinski definition) is 4. The molecule has 4 nitrogen and oxygen atoms in total. The molecule has 4 heteroatoms. The molecule has 0 saturated carbocycles. The second-order valence-electron chi connectivity index (χ2n) is 6.18. The molecule has 0 aliphatic carbocycles. The van der Waals surface area contributed by atoms with Crippen molar-refractivity contribution in [3.63, 3.8) is 0 Å². The van der Waals surface area contributed by atoms with Gasteiger partial charge in [0.1, 0.15) is 0 Å². The van der Waals surface area contributed by atoms with Crippen molar-refractivity contribution in [3.8, 4) is 11.5 Å². The molecule has 1 aliphatic heterocycles. The van der Waals surface area contributed by atoms with Gasteiger partial charge in [0.05, 0.1) is 13.2 Å². The quantitative estimate of drug-likeness (QED) is 0.869. The topological polar surface area (TPSA) is 50.7 Å². The van der Waals surface area contributed by atoms with Gasteiger partial charge in [-0.1, -0.05) is 19.9 Å². The summed E-state index contributed by atoms with van der Waals surface area (Å²) < 4.78 is 11.3. The van der Waals surface area contributed by atoms with E-state index in [-0.39, 0.29) is 18.1 Å². The highest BCUT2D eigenvalue weighted by Crippen LogP contribution is 2.32. The van der Waals surface area contributed by atoms with E-state index in [4.69, 9.17) is 9.47 Å². The van der Waals surface area contributed by atoms with E-state index in [2.05, 4.69) is 18.3 Å². The van der Waals surface area contributed by atoms with Crippen LogP contribution in [0.4, 0.5) is 0 Å². The standard InChI is InChI=1S/C16H25NO3/c1-12(17-10-16(2,3)11-18)13-5-6-14-15(9-13)20-8-4-7-19-14/h5-6,9,12,17-18H,4,7-8,10-11H2,1-3H3. The molecule has 1 unspecified atom stereocenters. The number of benzene rings is 1. The van der Waals surface area contributed by atoms with Crippen LogP contribution in [0.25, 0.3) is 0 Å². The van der Waals surface area contributed by atoms with Crippen LogP contribution in [0.1, 0.15) is 38.8 Å².